The van der Waals surface area contributed by atoms with Crippen molar-refractivity contribution < 1.29 is 9.30 Å². The summed E-state index contributed by atoms with van der Waals surface area (Å²) in [5, 5.41) is 0.314. The first-order chi connectivity index (χ1) is 5.74. The second kappa shape index (κ2) is 5.03. The zero-order valence-electron chi connectivity index (χ0n) is 5.58. The van der Waals surface area contributed by atoms with E-state index < -0.39 is 0 Å². The average molecular weight is 242 g/mol. The van der Waals surface area contributed by atoms with Crippen molar-refractivity contribution in [3.8, 4) is 5.81 Å². The molecule has 7 heteroatoms. The van der Waals surface area contributed by atoms with Gasteiger partial charge in [-0.15, -0.1) is 0 Å². The third kappa shape index (κ3) is 2.91. The van der Waals surface area contributed by atoms with E-state index in [2.05, 4.69) is 10.8 Å². The number of thiazole rings is 1. The second-order valence-electron chi connectivity index (χ2n) is 1.65. The monoisotopic (exact) mass is 241 g/mol. The number of aromatic nitrogens is 1. The number of ether oxygens (including phenoxy) is 1. The summed E-state index contributed by atoms with van der Waals surface area (Å²) in [6, 6.07) is 0. The molecule has 0 spiro atoms. The van der Waals surface area contributed by atoms with E-state index in [0.717, 1.165) is 0 Å². The first-order valence-corrected chi connectivity index (χ1v) is 5.12. The Kier molecular flexibility index (Phi) is 4.30. The van der Waals surface area contributed by atoms with Gasteiger partial charge in [-0.3, -0.25) is 0 Å². The number of rotatable bonds is 2. The average Bonchev–Trinajstić information content (AvgIpc) is 2.31. The maximum absolute atomic E-state index is 9.88. The minimum absolute atomic E-state index is 0.193. The molecule has 0 radical (unpaired) electrons. The molecule has 0 aliphatic carbocycles. The van der Waals surface area contributed by atoms with Gasteiger partial charge in [0.15, 0.2) is 0 Å². The van der Waals surface area contributed by atoms with Gasteiger partial charge in [0, 0.05) is 0 Å². The number of hydrogen-bond acceptors (Lipinski definition) is 4. The van der Waals surface area contributed by atoms with Crippen LogP contribution in [0.4, 0.5) is 0 Å². The molecule has 0 fully saturated rings. The van der Waals surface area contributed by atoms with Gasteiger partial charge in [0.2, 0.25) is 0 Å². The molecule has 1 heterocycles. The van der Waals surface area contributed by atoms with Crippen LogP contribution in [0.1, 0.15) is 4.88 Å². The normalized spacial score (nSPS) is 9.50. The summed E-state index contributed by atoms with van der Waals surface area (Å²) in [5.41, 5.74) is 0. The molecule has 0 unspecified atom stereocenters. The van der Waals surface area contributed by atoms with Gasteiger partial charge in [-0.05, 0) is 0 Å². The van der Waals surface area contributed by atoms with Crippen molar-refractivity contribution in [1.29, 1.82) is 0 Å². The fraction of sp³-hybridized carbons (Fsp3) is 0.200. The van der Waals surface area contributed by atoms with Crippen LogP contribution in [-0.2, 0) is 15.9 Å². The van der Waals surface area contributed by atoms with Gasteiger partial charge in [-0.1, -0.05) is 0 Å². The summed E-state index contributed by atoms with van der Waals surface area (Å²) in [5.74, 6) is 2.13. The van der Waals surface area contributed by atoms with Gasteiger partial charge in [-0.2, -0.15) is 0 Å². The fourth-order valence-electron chi connectivity index (χ4n) is 0.519. The van der Waals surface area contributed by atoms with Crippen molar-refractivity contribution in [2.24, 2.45) is 0 Å². The molecule has 64 valence electrons. The summed E-state index contributed by atoms with van der Waals surface area (Å²) >= 11 is 12.4. The Hall–Kier alpha value is 0.180. The Bertz CT molecular complexity index is 374. The molecular formula is C5H2Cl2NO2PS. The maximum atomic E-state index is 9.88. The molecule has 1 rings (SSSR count). The molecule has 0 atom stereocenters. The molecule has 1 aromatic heterocycles. The van der Waals surface area contributed by atoms with E-state index in [-0.39, 0.29) is 14.5 Å². The molecule has 0 N–H and O–H groups in total. The van der Waals surface area contributed by atoms with Crippen molar-refractivity contribution in [1.82, 2.24) is 4.98 Å². The van der Waals surface area contributed by atoms with E-state index in [9.17, 15) is 4.57 Å². The van der Waals surface area contributed by atoms with E-state index in [1.165, 1.54) is 11.3 Å². The SMILES string of the molecule is O=P#COCc1sc(Cl)nc1Cl. The van der Waals surface area contributed by atoms with Gasteiger partial charge in [-0.25, -0.2) is 0 Å². The summed E-state index contributed by atoms with van der Waals surface area (Å²) in [4.78, 5) is 4.44. The molecule has 0 saturated carbocycles. The van der Waals surface area contributed by atoms with Crippen molar-refractivity contribution >= 4 is 42.5 Å². The first kappa shape index (κ1) is 10.3. The quantitative estimate of drug-likeness (QED) is 0.747. The molecule has 1 aromatic rings. The Labute approximate surface area is 83.8 Å². The van der Waals surface area contributed by atoms with Gasteiger partial charge >= 0.3 is 83.7 Å². The van der Waals surface area contributed by atoms with Crippen molar-refractivity contribution in [2.75, 3.05) is 0 Å². The number of halogens is 2. The predicted octanol–water partition coefficient (Wildman–Crippen LogP) is 3.17. The molecule has 0 aliphatic rings. The summed E-state index contributed by atoms with van der Waals surface area (Å²) in [6.45, 7) is 0.193. The number of hydrogen-bond donors (Lipinski definition) is 0. The van der Waals surface area contributed by atoms with Gasteiger partial charge in [0.1, 0.15) is 0 Å². The van der Waals surface area contributed by atoms with E-state index in [4.69, 9.17) is 27.9 Å². The molecule has 0 aliphatic heterocycles. The van der Waals surface area contributed by atoms with E-state index in [1.54, 1.807) is 0 Å². The standard InChI is InChI=1S/C5H2Cl2NO2PS/c6-4-3(1-10-2-11-9)12-5(7)8-4/h1H2. The summed E-state index contributed by atoms with van der Waals surface area (Å²) in [7, 11) is -0.291. The minimum atomic E-state index is -0.291. The van der Waals surface area contributed by atoms with Crippen LogP contribution in [0.25, 0.3) is 0 Å². The van der Waals surface area contributed by atoms with Gasteiger partial charge in [0.25, 0.3) is 0 Å². The third-order valence-corrected chi connectivity index (χ3v) is 2.69. The van der Waals surface area contributed by atoms with E-state index in [1.807, 2.05) is 0 Å². The Morgan fingerprint density at radius 1 is 1.67 bits per heavy atom. The Balaban J connectivity index is 2.66. The number of nitrogens with zero attached hydrogens (tertiary/aromatic N) is 1. The molecule has 3 nitrogen and oxygen atoms in total. The molecule has 12 heavy (non-hydrogen) atoms. The van der Waals surface area contributed by atoms with Crippen molar-refractivity contribution in [3.05, 3.63) is 14.5 Å². The van der Waals surface area contributed by atoms with Gasteiger partial charge in [0.05, 0.1) is 0 Å². The molecular weight excluding hydrogens is 240 g/mol. The van der Waals surface area contributed by atoms with Crippen LogP contribution >= 0.6 is 42.5 Å². The van der Waals surface area contributed by atoms with Crippen LogP contribution < -0.4 is 0 Å². The van der Waals surface area contributed by atoms with E-state index >= 15 is 0 Å². The topological polar surface area (TPSA) is 39.2 Å². The van der Waals surface area contributed by atoms with E-state index in [0.29, 0.717) is 14.5 Å². The van der Waals surface area contributed by atoms with Crippen molar-refractivity contribution in [2.45, 2.75) is 6.61 Å². The molecule has 0 amide bonds. The van der Waals surface area contributed by atoms with Crippen LogP contribution in [0.5, 0.6) is 0 Å². The summed E-state index contributed by atoms with van der Waals surface area (Å²) < 4.78 is 15.0. The van der Waals surface area contributed by atoms with Crippen LogP contribution in [0, 0.1) is 5.81 Å². The first-order valence-electron chi connectivity index (χ1n) is 2.74. The summed E-state index contributed by atoms with van der Waals surface area (Å²) in [6.07, 6.45) is 0. The fourth-order valence-corrected chi connectivity index (χ4v) is 1.94. The van der Waals surface area contributed by atoms with Crippen LogP contribution in [0.15, 0.2) is 0 Å². The molecule has 0 bridgehead atoms. The third-order valence-electron chi connectivity index (χ3n) is 0.929. The molecule has 0 aromatic carbocycles. The van der Waals surface area contributed by atoms with Crippen molar-refractivity contribution in [3.63, 3.8) is 0 Å². The van der Waals surface area contributed by atoms with Crippen LogP contribution in [0.2, 0.25) is 9.62 Å². The predicted molar refractivity (Wildman–Crippen MR) is 48.4 cm³/mol. The van der Waals surface area contributed by atoms with Gasteiger partial charge < -0.3 is 0 Å². The van der Waals surface area contributed by atoms with Crippen LogP contribution in [0.3, 0.4) is 0 Å². The zero-order valence-corrected chi connectivity index (χ0v) is 8.80. The Morgan fingerprint density at radius 3 is 2.92 bits per heavy atom. The second-order valence-corrected chi connectivity index (χ2v) is 4.04. The zero-order chi connectivity index (χ0) is 8.97. The molecule has 0 saturated heterocycles. The Morgan fingerprint density at radius 2 is 2.42 bits per heavy atom. The van der Waals surface area contributed by atoms with Crippen LogP contribution in [-0.4, -0.2) is 4.98 Å².